The summed E-state index contributed by atoms with van der Waals surface area (Å²) in [4.78, 5) is 45.7. The van der Waals surface area contributed by atoms with Gasteiger partial charge in [-0.25, -0.2) is 14.4 Å². The Kier molecular flexibility index (Phi) is 8.35. The van der Waals surface area contributed by atoms with E-state index in [9.17, 15) is 14.4 Å². The molecule has 10 nitrogen and oxygen atoms in total. The molecule has 0 unspecified atom stereocenters. The first-order valence-electron chi connectivity index (χ1n) is 12.8. The van der Waals surface area contributed by atoms with Crippen LogP contribution in [0.1, 0.15) is 56.8 Å². The fourth-order valence-electron chi connectivity index (χ4n) is 4.42. The normalized spacial score (nSPS) is 23.5. The molecule has 4 rings (SSSR count). The van der Waals surface area contributed by atoms with Crippen molar-refractivity contribution in [3.8, 4) is 0 Å². The molecule has 3 fully saturated rings. The average molecular weight is 504 g/mol. The summed E-state index contributed by atoms with van der Waals surface area (Å²) < 4.78 is 17.2. The molecule has 0 spiro atoms. The lowest BCUT2D eigenvalue weighted by Crippen LogP contribution is -2.51. The zero-order valence-electron chi connectivity index (χ0n) is 21.4. The Bertz CT molecular complexity index is 898. The molecule has 1 aromatic rings. The van der Waals surface area contributed by atoms with Gasteiger partial charge in [0, 0.05) is 39.0 Å². The molecule has 0 atom stereocenters. The Balaban J connectivity index is 1.08. The van der Waals surface area contributed by atoms with Gasteiger partial charge in [-0.3, -0.25) is 0 Å². The number of piperidine rings is 1. The van der Waals surface area contributed by atoms with Crippen molar-refractivity contribution in [1.29, 1.82) is 0 Å². The summed E-state index contributed by atoms with van der Waals surface area (Å²) in [5, 5.41) is 1.58. The van der Waals surface area contributed by atoms with Crippen molar-refractivity contribution in [3.63, 3.8) is 0 Å². The molecule has 0 N–H and O–H groups in total. The summed E-state index contributed by atoms with van der Waals surface area (Å²) in [6, 6.07) is 8.83. The molecule has 36 heavy (non-hydrogen) atoms. The van der Waals surface area contributed by atoms with E-state index in [2.05, 4.69) is 0 Å². The Morgan fingerprint density at radius 1 is 0.778 bits per heavy atom. The van der Waals surface area contributed by atoms with Crippen molar-refractivity contribution in [1.82, 2.24) is 14.9 Å². The maximum absolute atomic E-state index is 12.5. The van der Waals surface area contributed by atoms with E-state index in [1.165, 1.54) is 0 Å². The van der Waals surface area contributed by atoms with Gasteiger partial charge in [-0.2, -0.15) is 0 Å². The molecule has 1 saturated carbocycles. The lowest BCUT2D eigenvalue weighted by molar-refractivity contribution is -0.135. The Hall–Kier alpha value is -2.85. The third-order valence-electron chi connectivity index (χ3n) is 6.52. The predicted octanol–water partition coefficient (Wildman–Crippen LogP) is 3.46. The largest absolute Gasteiger partial charge is 0.446 e. The van der Waals surface area contributed by atoms with Crippen molar-refractivity contribution in [2.45, 2.75) is 70.4 Å². The zero-order valence-corrected chi connectivity index (χ0v) is 21.4. The lowest BCUT2D eigenvalue weighted by Gasteiger charge is -2.40. The van der Waals surface area contributed by atoms with Gasteiger partial charge in [-0.1, -0.05) is 18.2 Å². The van der Waals surface area contributed by atoms with Gasteiger partial charge in [0.2, 0.25) is 0 Å². The lowest BCUT2D eigenvalue weighted by atomic mass is 9.91. The zero-order chi connectivity index (χ0) is 25.7. The molecule has 198 valence electrons. The fraction of sp³-hybridized carbons (Fsp3) is 0.654. The van der Waals surface area contributed by atoms with Crippen LogP contribution in [0.15, 0.2) is 30.3 Å². The summed E-state index contributed by atoms with van der Waals surface area (Å²) >= 11 is 0. The highest BCUT2D eigenvalue weighted by Gasteiger charge is 2.37. The van der Waals surface area contributed by atoms with Gasteiger partial charge in [0.1, 0.15) is 11.7 Å². The predicted molar refractivity (Wildman–Crippen MR) is 130 cm³/mol. The number of piperazine rings is 1. The number of ether oxygens (including phenoxy) is 3. The first kappa shape index (κ1) is 26.2. The van der Waals surface area contributed by atoms with Crippen LogP contribution in [0.5, 0.6) is 0 Å². The van der Waals surface area contributed by atoms with Crippen LogP contribution in [0.25, 0.3) is 0 Å². The van der Waals surface area contributed by atoms with Crippen molar-refractivity contribution in [2.75, 3.05) is 39.3 Å². The summed E-state index contributed by atoms with van der Waals surface area (Å²) in [6.07, 6.45) is 2.37. The number of rotatable bonds is 5. The van der Waals surface area contributed by atoms with E-state index in [4.69, 9.17) is 19.0 Å². The highest BCUT2D eigenvalue weighted by atomic mass is 16.7. The maximum Gasteiger partial charge on any atom is 0.410 e. The minimum absolute atomic E-state index is 0.0788. The number of amides is 2. The monoisotopic (exact) mass is 503 g/mol. The summed E-state index contributed by atoms with van der Waals surface area (Å²) in [5.41, 5.74) is 0.000615. The third-order valence-corrected chi connectivity index (χ3v) is 6.52. The van der Waals surface area contributed by atoms with Crippen LogP contribution in [0.2, 0.25) is 0 Å². The van der Waals surface area contributed by atoms with Crippen LogP contribution in [-0.2, 0) is 19.0 Å². The second-order valence-corrected chi connectivity index (χ2v) is 10.6. The van der Waals surface area contributed by atoms with E-state index in [1.54, 1.807) is 39.1 Å². The van der Waals surface area contributed by atoms with Crippen molar-refractivity contribution < 1.29 is 33.4 Å². The first-order chi connectivity index (χ1) is 17.2. The summed E-state index contributed by atoms with van der Waals surface area (Å²) in [7, 11) is 0. The van der Waals surface area contributed by atoms with Gasteiger partial charge in [0.15, 0.2) is 0 Å². The second-order valence-electron chi connectivity index (χ2n) is 10.6. The molecule has 0 bridgehead atoms. The van der Waals surface area contributed by atoms with Crippen LogP contribution in [-0.4, -0.2) is 96.2 Å². The first-order valence-corrected chi connectivity index (χ1v) is 12.8. The van der Waals surface area contributed by atoms with E-state index in [0.29, 0.717) is 57.7 Å². The number of benzene rings is 1. The molecule has 2 saturated heterocycles. The van der Waals surface area contributed by atoms with Crippen LogP contribution in [0, 0.1) is 0 Å². The Labute approximate surface area is 212 Å². The number of nitrogens with zero attached hydrogens (tertiary/aromatic N) is 3. The van der Waals surface area contributed by atoms with Crippen molar-refractivity contribution >= 4 is 18.2 Å². The molecule has 3 aliphatic rings. The molecular weight excluding hydrogens is 466 g/mol. The highest BCUT2D eigenvalue weighted by molar-refractivity contribution is 5.89. The molecule has 2 aliphatic heterocycles. The fourth-order valence-corrected chi connectivity index (χ4v) is 4.42. The third kappa shape index (κ3) is 7.33. The van der Waals surface area contributed by atoms with Crippen molar-refractivity contribution in [2.24, 2.45) is 0 Å². The molecule has 2 heterocycles. The van der Waals surface area contributed by atoms with E-state index in [-0.39, 0.29) is 30.5 Å². The Morgan fingerprint density at radius 3 is 2.00 bits per heavy atom. The van der Waals surface area contributed by atoms with Gasteiger partial charge < -0.3 is 28.8 Å². The number of hydrogen-bond acceptors (Lipinski definition) is 8. The number of hydroxylamine groups is 2. The minimum Gasteiger partial charge on any atom is -0.446 e. The van der Waals surface area contributed by atoms with Crippen LogP contribution < -0.4 is 0 Å². The topological polar surface area (TPSA) is 97.8 Å². The number of hydrogen-bond donors (Lipinski definition) is 0. The average Bonchev–Trinajstić information content (AvgIpc) is 2.83. The van der Waals surface area contributed by atoms with E-state index in [0.717, 1.165) is 12.8 Å². The van der Waals surface area contributed by atoms with Crippen LogP contribution in [0.3, 0.4) is 0 Å². The molecular formula is C26H37N3O7. The minimum atomic E-state index is -0.494. The van der Waals surface area contributed by atoms with Gasteiger partial charge in [0.25, 0.3) is 0 Å². The van der Waals surface area contributed by atoms with Gasteiger partial charge in [-0.05, 0) is 45.7 Å². The highest BCUT2D eigenvalue weighted by Crippen LogP contribution is 2.30. The summed E-state index contributed by atoms with van der Waals surface area (Å²) in [5.74, 6) is -0.400. The van der Waals surface area contributed by atoms with Gasteiger partial charge >= 0.3 is 18.2 Å². The van der Waals surface area contributed by atoms with Crippen molar-refractivity contribution in [3.05, 3.63) is 35.9 Å². The molecule has 2 amide bonds. The SMILES string of the molecule is CC(C)(C)OC(=O)N1CCC(OC2CC(OC(=O)N3CCN(OC(=O)c4ccccc4)CC3)C2)CC1. The smallest absolute Gasteiger partial charge is 0.410 e. The second kappa shape index (κ2) is 11.5. The standard InChI is InChI=1S/C26H37N3O7/c1-26(2,3)35-25(32)27-11-9-20(10-12-27)33-21-17-22(18-21)34-24(31)28-13-15-29(16-14-28)36-23(30)19-7-5-4-6-8-19/h4-8,20-22H,9-18H2,1-3H3. The van der Waals surface area contributed by atoms with Crippen LogP contribution in [0.4, 0.5) is 9.59 Å². The number of likely N-dealkylation sites (tertiary alicyclic amines) is 1. The number of carbonyl (C=O) groups is 3. The molecule has 1 aromatic carbocycles. The maximum atomic E-state index is 12.5. The summed E-state index contributed by atoms with van der Waals surface area (Å²) in [6.45, 7) is 8.58. The van der Waals surface area contributed by atoms with Crippen LogP contribution >= 0.6 is 0 Å². The van der Waals surface area contributed by atoms with E-state index in [1.807, 2.05) is 26.8 Å². The van der Waals surface area contributed by atoms with E-state index >= 15 is 0 Å². The molecule has 0 radical (unpaired) electrons. The quantitative estimate of drug-likeness (QED) is 0.603. The molecule has 0 aromatic heterocycles. The van der Waals surface area contributed by atoms with Gasteiger partial charge in [0.05, 0.1) is 30.9 Å². The number of carbonyl (C=O) groups excluding carboxylic acids is 3. The molecule has 10 heteroatoms. The molecule has 1 aliphatic carbocycles. The van der Waals surface area contributed by atoms with Gasteiger partial charge in [-0.15, -0.1) is 5.06 Å². The van der Waals surface area contributed by atoms with E-state index < -0.39 is 11.6 Å². The Morgan fingerprint density at radius 2 is 1.39 bits per heavy atom.